The molecule has 0 fully saturated rings. The van der Waals surface area contributed by atoms with Crippen LogP contribution in [0.4, 0.5) is 0 Å². The molecule has 0 aliphatic carbocycles. The van der Waals surface area contributed by atoms with E-state index in [4.69, 9.17) is 5.84 Å². The summed E-state index contributed by atoms with van der Waals surface area (Å²) in [5.41, 5.74) is 3.19. The van der Waals surface area contributed by atoms with Gasteiger partial charge < -0.3 is 0 Å². The highest BCUT2D eigenvalue weighted by Gasteiger charge is 2.19. The lowest BCUT2D eigenvalue weighted by Gasteiger charge is -2.11. The fourth-order valence-corrected chi connectivity index (χ4v) is 3.31. The van der Waals surface area contributed by atoms with Crippen LogP contribution in [0.1, 0.15) is 25.5 Å². The van der Waals surface area contributed by atoms with Crippen molar-refractivity contribution in [3.8, 4) is 0 Å². The second-order valence-corrected chi connectivity index (χ2v) is 5.47. The van der Waals surface area contributed by atoms with Crippen molar-refractivity contribution in [3.63, 3.8) is 0 Å². The minimum atomic E-state index is -0.134. The minimum absolute atomic E-state index is 0.130. The Morgan fingerprint density at radius 3 is 3.00 bits per heavy atom. The van der Waals surface area contributed by atoms with Crippen molar-refractivity contribution in [2.45, 2.75) is 36.3 Å². The minimum Gasteiger partial charge on any atom is -0.293 e. The van der Waals surface area contributed by atoms with E-state index >= 15 is 0 Å². The van der Waals surface area contributed by atoms with Crippen LogP contribution in [0.5, 0.6) is 0 Å². The highest BCUT2D eigenvalue weighted by atomic mass is 32.2. The summed E-state index contributed by atoms with van der Waals surface area (Å²) in [6.45, 7) is 3.99. The molecule has 1 aromatic rings. The van der Waals surface area contributed by atoms with E-state index in [1.54, 1.807) is 11.3 Å². The molecule has 0 saturated heterocycles. The number of amides is 1. The van der Waals surface area contributed by atoms with Gasteiger partial charge in [0, 0.05) is 11.1 Å². The number of thiazole rings is 1. The Bertz CT molecular complexity index is 327. The average Bonchev–Trinajstić information content (AvgIpc) is 2.62. The quantitative estimate of drug-likeness (QED) is 0.358. The molecule has 1 aromatic heterocycles. The van der Waals surface area contributed by atoms with E-state index in [1.807, 2.05) is 19.2 Å². The van der Waals surface area contributed by atoms with Crippen LogP contribution >= 0.6 is 23.1 Å². The Morgan fingerprint density at radius 2 is 2.53 bits per heavy atom. The lowest BCUT2D eigenvalue weighted by Crippen LogP contribution is -2.37. The molecule has 4 nitrogen and oxygen atoms in total. The third-order valence-electron chi connectivity index (χ3n) is 1.83. The largest absolute Gasteiger partial charge is 0.293 e. The third-order valence-corrected chi connectivity index (χ3v) is 4.18. The number of aromatic nitrogens is 1. The third kappa shape index (κ3) is 3.81. The van der Waals surface area contributed by atoms with Crippen LogP contribution in [0.25, 0.3) is 0 Å². The average molecular weight is 245 g/mol. The van der Waals surface area contributed by atoms with Gasteiger partial charge in [0.25, 0.3) is 0 Å². The van der Waals surface area contributed by atoms with E-state index in [0.717, 1.165) is 22.9 Å². The zero-order valence-electron chi connectivity index (χ0n) is 8.82. The number of hydrogen-bond donors (Lipinski definition) is 2. The molecule has 0 radical (unpaired) electrons. The summed E-state index contributed by atoms with van der Waals surface area (Å²) in [4.78, 5) is 15.7. The molecule has 0 aliphatic rings. The first-order valence-electron chi connectivity index (χ1n) is 4.76. The number of rotatable bonds is 5. The van der Waals surface area contributed by atoms with Crippen LogP contribution in [-0.2, 0) is 4.79 Å². The van der Waals surface area contributed by atoms with Crippen molar-refractivity contribution in [1.29, 1.82) is 0 Å². The lowest BCUT2D eigenvalue weighted by atomic mass is 10.2. The summed E-state index contributed by atoms with van der Waals surface area (Å²) in [7, 11) is 0. The second-order valence-electron chi connectivity index (χ2n) is 3.16. The summed E-state index contributed by atoms with van der Waals surface area (Å²) in [6, 6.07) is 0. The summed E-state index contributed by atoms with van der Waals surface area (Å²) >= 11 is 3.04. The zero-order chi connectivity index (χ0) is 11.3. The number of thioether (sulfide) groups is 1. The van der Waals surface area contributed by atoms with Crippen LogP contribution in [0, 0.1) is 6.92 Å². The van der Waals surface area contributed by atoms with Gasteiger partial charge in [-0.15, -0.1) is 11.3 Å². The highest BCUT2D eigenvalue weighted by Crippen LogP contribution is 2.29. The van der Waals surface area contributed by atoms with Crippen molar-refractivity contribution in [1.82, 2.24) is 10.4 Å². The molecule has 0 aliphatic heterocycles. The molecule has 0 spiro atoms. The van der Waals surface area contributed by atoms with Gasteiger partial charge in [-0.25, -0.2) is 10.8 Å². The van der Waals surface area contributed by atoms with Gasteiger partial charge in [-0.2, -0.15) is 0 Å². The predicted octanol–water partition coefficient (Wildman–Crippen LogP) is 1.70. The van der Waals surface area contributed by atoms with Gasteiger partial charge in [0.1, 0.15) is 0 Å². The van der Waals surface area contributed by atoms with E-state index < -0.39 is 0 Å². The van der Waals surface area contributed by atoms with Crippen molar-refractivity contribution in [3.05, 3.63) is 11.1 Å². The molecule has 3 N–H and O–H groups in total. The lowest BCUT2D eigenvalue weighted by molar-refractivity contribution is -0.120. The number of nitrogens with zero attached hydrogens (tertiary/aromatic N) is 1. The number of hydrogen-bond acceptors (Lipinski definition) is 5. The number of aryl methyl sites for hydroxylation is 1. The van der Waals surface area contributed by atoms with Crippen molar-refractivity contribution in [2.75, 3.05) is 0 Å². The van der Waals surface area contributed by atoms with Gasteiger partial charge in [0.05, 0.1) is 5.25 Å². The van der Waals surface area contributed by atoms with Crippen molar-refractivity contribution in [2.24, 2.45) is 5.84 Å². The molecule has 1 atom stereocenters. The normalized spacial score (nSPS) is 12.5. The highest BCUT2D eigenvalue weighted by molar-refractivity contribution is 8.02. The second kappa shape index (κ2) is 6.09. The van der Waals surface area contributed by atoms with E-state index in [0.29, 0.717) is 0 Å². The fraction of sp³-hybridized carbons (Fsp3) is 0.556. The first-order valence-corrected chi connectivity index (χ1v) is 6.52. The summed E-state index contributed by atoms with van der Waals surface area (Å²) < 4.78 is 0.926. The fourth-order valence-electron chi connectivity index (χ4n) is 1.11. The van der Waals surface area contributed by atoms with Gasteiger partial charge in [0.15, 0.2) is 4.34 Å². The number of hydrazine groups is 1. The maximum atomic E-state index is 11.4. The van der Waals surface area contributed by atoms with Crippen LogP contribution in [0.15, 0.2) is 9.72 Å². The molecule has 84 valence electrons. The van der Waals surface area contributed by atoms with Crippen LogP contribution in [0.2, 0.25) is 0 Å². The topological polar surface area (TPSA) is 68.0 Å². The molecule has 1 heterocycles. The molecule has 0 saturated carbocycles. The number of nitrogens with two attached hydrogens (primary N) is 1. The Labute approximate surface area is 97.6 Å². The van der Waals surface area contributed by atoms with E-state index in [9.17, 15) is 4.79 Å². The van der Waals surface area contributed by atoms with Crippen LogP contribution in [0.3, 0.4) is 0 Å². The number of nitrogens with one attached hydrogen (secondary N) is 1. The SMILES string of the molecule is CCCC(Sc1nc(C)cs1)C(=O)NN. The smallest absolute Gasteiger partial charge is 0.247 e. The Morgan fingerprint density at radius 1 is 1.80 bits per heavy atom. The molecule has 6 heteroatoms. The molecule has 15 heavy (non-hydrogen) atoms. The molecule has 0 bridgehead atoms. The van der Waals surface area contributed by atoms with Gasteiger partial charge in [-0.3, -0.25) is 10.2 Å². The van der Waals surface area contributed by atoms with E-state index in [1.165, 1.54) is 11.8 Å². The van der Waals surface area contributed by atoms with Crippen LogP contribution in [-0.4, -0.2) is 16.1 Å². The molecular weight excluding hydrogens is 230 g/mol. The van der Waals surface area contributed by atoms with Gasteiger partial charge in [-0.05, 0) is 13.3 Å². The molecule has 1 unspecified atom stereocenters. The first-order chi connectivity index (χ1) is 7.17. The van der Waals surface area contributed by atoms with E-state index in [-0.39, 0.29) is 11.2 Å². The van der Waals surface area contributed by atoms with Gasteiger partial charge in [-0.1, -0.05) is 25.1 Å². The zero-order valence-corrected chi connectivity index (χ0v) is 10.5. The standard InChI is InChI=1S/C9H15N3OS2/c1-3-4-7(8(13)12-10)15-9-11-6(2)5-14-9/h5,7H,3-4,10H2,1-2H3,(H,12,13). The first kappa shape index (κ1) is 12.5. The Hall–Kier alpha value is -0.590. The summed E-state index contributed by atoms with van der Waals surface area (Å²) in [6.07, 6.45) is 1.77. The van der Waals surface area contributed by atoms with Crippen molar-refractivity contribution >= 4 is 29.0 Å². The maximum Gasteiger partial charge on any atom is 0.247 e. The molecule has 0 aromatic carbocycles. The molecule has 1 rings (SSSR count). The Kier molecular flexibility index (Phi) is 5.07. The number of carbonyl (C=O) groups is 1. The predicted molar refractivity (Wildman–Crippen MR) is 63.7 cm³/mol. The van der Waals surface area contributed by atoms with Crippen LogP contribution < -0.4 is 11.3 Å². The number of carbonyl (C=O) groups excluding carboxylic acids is 1. The summed E-state index contributed by atoms with van der Waals surface area (Å²) in [5.74, 6) is 5.00. The monoisotopic (exact) mass is 245 g/mol. The van der Waals surface area contributed by atoms with E-state index in [2.05, 4.69) is 10.4 Å². The summed E-state index contributed by atoms with van der Waals surface area (Å²) in [5, 5.41) is 1.84. The maximum absolute atomic E-state index is 11.4. The van der Waals surface area contributed by atoms with Gasteiger partial charge >= 0.3 is 0 Å². The molecule has 1 amide bonds. The van der Waals surface area contributed by atoms with Gasteiger partial charge in [0.2, 0.25) is 5.91 Å². The Balaban J connectivity index is 2.62. The van der Waals surface area contributed by atoms with Crippen molar-refractivity contribution < 1.29 is 4.79 Å². The molecular formula is C9H15N3OS2.